The van der Waals surface area contributed by atoms with E-state index in [0.29, 0.717) is 25.7 Å². The summed E-state index contributed by atoms with van der Waals surface area (Å²) < 4.78 is 53.8. The highest BCUT2D eigenvalue weighted by atomic mass is 19.2. The molecule has 0 amide bonds. The Kier molecular flexibility index (Phi) is 2.88. The molecule has 0 radical (unpaired) electrons. The number of hydrogen-bond donors (Lipinski definition) is 1. The van der Waals surface area contributed by atoms with Crippen LogP contribution in [0, 0.1) is 23.5 Å². The normalized spacial score (nSPS) is 29.9. The largest absolute Gasteiger partial charge is 0.393 e. The smallest absolute Gasteiger partial charge is 0.253 e. The highest BCUT2D eigenvalue weighted by Crippen LogP contribution is 2.41. The van der Waals surface area contributed by atoms with Crippen molar-refractivity contribution in [3.63, 3.8) is 0 Å². The van der Waals surface area contributed by atoms with Crippen LogP contribution in [0.15, 0.2) is 0 Å². The van der Waals surface area contributed by atoms with Crippen molar-refractivity contribution in [2.75, 3.05) is 4.90 Å². The van der Waals surface area contributed by atoms with Gasteiger partial charge in [-0.15, -0.1) is 0 Å². The van der Waals surface area contributed by atoms with Gasteiger partial charge in [0.25, 0.3) is 11.9 Å². The summed E-state index contributed by atoms with van der Waals surface area (Å²) in [5.41, 5.74) is -0.690. The van der Waals surface area contributed by atoms with Gasteiger partial charge in [-0.1, -0.05) is 0 Å². The molecule has 1 N–H and O–H groups in total. The van der Waals surface area contributed by atoms with Crippen molar-refractivity contribution in [1.29, 1.82) is 0 Å². The predicted octanol–water partition coefficient (Wildman–Crippen LogP) is 2.13. The highest BCUT2D eigenvalue weighted by Gasteiger charge is 2.43. The molecule has 0 saturated carbocycles. The topological polar surface area (TPSA) is 36.4 Å². The molecule has 3 nitrogen and oxygen atoms in total. The lowest BCUT2D eigenvalue weighted by Crippen LogP contribution is -2.46. The Balaban J connectivity index is 2.08. The second-order valence-electron chi connectivity index (χ2n) is 5.09. The van der Waals surface area contributed by atoms with Crippen LogP contribution < -0.4 is 4.90 Å². The first-order valence-electron chi connectivity index (χ1n) is 6.15. The molecule has 19 heavy (non-hydrogen) atoms. The first kappa shape index (κ1) is 12.7. The molecule has 2 saturated heterocycles. The minimum absolute atomic E-state index is 0.293. The number of aliphatic hydroxyl groups excluding tert-OH is 1. The molecule has 1 aromatic rings. The van der Waals surface area contributed by atoms with Crippen LogP contribution in [0.2, 0.25) is 0 Å². The molecule has 2 unspecified atom stereocenters. The van der Waals surface area contributed by atoms with Crippen LogP contribution in [-0.2, 0) is 0 Å². The summed E-state index contributed by atoms with van der Waals surface area (Å²) in [6.45, 7) is 0. The van der Waals surface area contributed by atoms with E-state index in [0.717, 1.165) is 0 Å². The molecule has 0 spiro atoms. The number of hydrogen-bond acceptors (Lipinski definition) is 3. The van der Waals surface area contributed by atoms with E-state index in [2.05, 4.69) is 4.98 Å². The van der Waals surface area contributed by atoms with Crippen LogP contribution in [0.5, 0.6) is 0 Å². The number of pyridine rings is 1. The van der Waals surface area contributed by atoms with Gasteiger partial charge in [0.15, 0.2) is 0 Å². The van der Waals surface area contributed by atoms with Crippen molar-refractivity contribution in [3.05, 3.63) is 23.5 Å². The average molecular weight is 276 g/mol. The van der Waals surface area contributed by atoms with E-state index in [9.17, 15) is 22.7 Å². The maximum atomic E-state index is 13.8. The first-order valence-corrected chi connectivity index (χ1v) is 6.15. The van der Waals surface area contributed by atoms with Gasteiger partial charge < -0.3 is 10.0 Å². The van der Waals surface area contributed by atoms with Crippen LogP contribution in [-0.4, -0.2) is 28.3 Å². The Morgan fingerprint density at radius 3 is 1.89 bits per heavy atom. The van der Waals surface area contributed by atoms with Crippen LogP contribution >= 0.6 is 0 Å². The van der Waals surface area contributed by atoms with Gasteiger partial charge in [0, 0.05) is 12.1 Å². The third-order valence-electron chi connectivity index (χ3n) is 3.94. The number of rotatable bonds is 1. The Bertz CT molecular complexity index is 485. The SMILES string of the molecule is OC1CC2CCC(C1)N2c1c(F)c(F)nc(F)c1F. The number of anilines is 1. The quantitative estimate of drug-likeness (QED) is 0.630. The maximum Gasteiger partial charge on any atom is 0.253 e. The summed E-state index contributed by atoms with van der Waals surface area (Å²) in [5, 5.41) is 9.63. The number of nitrogens with zero attached hydrogens (tertiary/aromatic N) is 2. The summed E-state index contributed by atoms with van der Waals surface area (Å²) in [6, 6.07) is -0.585. The fraction of sp³-hybridized carbons (Fsp3) is 0.583. The first-order chi connectivity index (χ1) is 8.99. The molecular weight excluding hydrogens is 264 g/mol. The average Bonchev–Trinajstić information content (AvgIpc) is 2.60. The van der Waals surface area contributed by atoms with Gasteiger partial charge in [-0.25, -0.2) is 0 Å². The van der Waals surface area contributed by atoms with Gasteiger partial charge in [-0.3, -0.25) is 0 Å². The number of fused-ring (bicyclic) bond motifs is 2. The zero-order valence-corrected chi connectivity index (χ0v) is 9.91. The van der Waals surface area contributed by atoms with Crippen LogP contribution in [0.25, 0.3) is 0 Å². The number of piperidine rings is 1. The number of halogens is 4. The van der Waals surface area contributed by atoms with Gasteiger partial charge >= 0.3 is 0 Å². The van der Waals surface area contributed by atoms with Gasteiger partial charge in [0.1, 0.15) is 5.69 Å². The molecule has 2 atom stereocenters. The molecule has 104 valence electrons. The van der Waals surface area contributed by atoms with E-state index in [-0.39, 0.29) is 12.1 Å². The van der Waals surface area contributed by atoms with Gasteiger partial charge in [-0.05, 0) is 25.7 Å². The molecule has 2 bridgehead atoms. The van der Waals surface area contributed by atoms with Gasteiger partial charge in [0.05, 0.1) is 6.10 Å². The number of aliphatic hydroxyl groups is 1. The zero-order chi connectivity index (χ0) is 13.7. The number of aromatic nitrogens is 1. The van der Waals surface area contributed by atoms with Crippen molar-refractivity contribution in [3.8, 4) is 0 Å². The molecule has 2 aliphatic rings. The summed E-state index contributed by atoms with van der Waals surface area (Å²) >= 11 is 0. The van der Waals surface area contributed by atoms with Gasteiger partial charge in [0.2, 0.25) is 11.6 Å². The Labute approximate surface area is 106 Å². The highest BCUT2D eigenvalue weighted by molar-refractivity contribution is 5.52. The Morgan fingerprint density at radius 1 is 0.947 bits per heavy atom. The fourth-order valence-electron chi connectivity index (χ4n) is 3.22. The maximum absolute atomic E-state index is 13.8. The minimum atomic E-state index is -1.64. The van der Waals surface area contributed by atoms with E-state index < -0.39 is 35.3 Å². The van der Waals surface area contributed by atoms with Crippen molar-refractivity contribution in [2.45, 2.75) is 43.9 Å². The van der Waals surface area contributed by atoms with Crippen molar-refractivity contribution < 1.29 is 22.7 Å². The standard InChI is InChI=1S/C12H12F4N2O/c13-8-10(9(14)12(16)17-11(8)15)18-5-1-2-6(18)4-7(19)3-5/h5-7,19H,1-4H2. The molecule has 1 aromatic heterocycles. The van der Waals surface area contributed by atoms with Crippen molar-refractivity contribution in [2.24, 2.45) is 0 Å². The summed E-state index contributed by atoms with van der Waals surface area (Å²) in [7, 11) is 0. The van der Waals surface area contributed by atoms with E-state index in [4.69, 9.17) is 0 Å². The Hall–Kier alpha value is -1.37. The second-order valence-corrected chi connectivity index (χ2v) is 5.09. The molecule has 2 aliphatic heterocycles. The summed E-state index contributed by atoms with van der Waals surface area (Å²) in [5.74, 6) is -6.21. The lowest BCUT2D eigenvalue weighted by molar-refractivity contribution is 0.125. The summed E-state index contributed by atoms with van der Waals surface area (Å²) in [4.78, 5) is 3.92. The minimum Gasteiger partial charge on any atom is -0.393 e. The molecule has 7 heteroatoms. The van der Waals surface area contributed by atoms with Crippen LogP contribution in [0.1, 0.15) is 25.7 Å². The fourth-order valence-corrected chi connectivity index (χ4v) is 3.22. The predicted molar refractivity (Wildman–Crippen MR) is 58.6 cm³/mol. The lowest BCUT2D eigenvalue weighted by atomic mass is 9.99. The molecular formula is C12H12F4N2O. The van der Waals surface area contributed by atoms with Crippen molar-refractivity contribution in [1.82, 2.24) is 4.98 Å². The molecule has 2 fully saturated rings. The third-order valence-corrected chi connectivity index (χ3v) is 3.94. The van der Waals surface area contributed by atoms with E-state index in [1.807, 2.05) is 0 Å². The van der Waals surface area contributed by atoms with E-state index in [1.54, 1.807) is 0 Å². The van der Waals surface area contributed by atoms with Crippen LogP contribution in [0.4, 0.5) is 23.2 Å². The summed E-state index contributed by atoms with van der Waals surface area (Å²) in [6.07, 6.45) is 1.46. The zero-order valence-electron chi connectivity index (χ0n) is 9.91. The van der Waals surface area contributed by atoms with Crippen molar-refractivity contribution >= 4 is 5.69 Å². The molecule has 3 heterocycles. The third kappa shape index (κ3) is 1.87. The lowest BCUT2D eigenvalue weighted by Gasteiger charge is -2.39. The monoisotopic (exact) mass is 276 g/mol. The van der Waals surface area contributed by atoms with E-state index in [1.165, 1.54) is 4.90 Å². The van der Waals surface area contributed by atoms with Crippen LogP contribution in [0.3, 0.4) is 0 Å². The van der Waals surface area contributed by atoms with E-state index >= 15 is 0 Å². The van der Waals surface area contributed by atoms with Gasteiger partial charge in [-0.2, -0.15) is 22.5 Å². The molecule has 0 aliphatic carbocycles. The molecule has 0 aromatic carbocycles. The Morgan fingerprint density at radius 2 is 1.42 bits per heavy atom. The second kappa shape index (κ2) is 4.33. The molecule has 3 rings (SSSR count).